The second-order valence-corrected chi connectivity index (χ2v) is 9.90. The third-order valence-electron chi connectivity index (χ3n) is 5.99. The van der Waals surface area contributed by atoms with E-state index in [1.165, 1.54) is 22.4 Å². The van der Waals surface area contributed by atoms with Crippen molar-refractivity contribution in [1.29, 1.82) is 0 Å². The predicted molar refractivity (Wildman–Crippen MR) is 147 cm³/mol. The minimum absolute atomic E-state index is 0.277. The van der Waals surface area contributed by atoms with Crippen molar-refractivity contribution in [3.8, 4) is 16.1 Å². The van der Waals surface area contributed by atoms with E-state index < -0.39 is 0 Å². The van der Waals surface area contributed by atoms with Crippen LogP contribution >= 0.6 is 11.3 Å². The van der Waals surface area contributed by atoms with Gasteiger partial charge in [0.05, 0.1) is 23.4 Å². The van der Waals surface area contributed by atoms with Crippen molar-refractivity contribution in [3.05, 3.63) is 83.5 Å². The molecule has 0 amide bonds. The standard InChI is InChI=1S/C26H30N6S.C2H6/c1-19-15-32(18-30-19)24-11-20(16-31-9-5-8-22(27)17-31)10-23(12-24)28-14-26-29-13-25(33-26)21-6-3-2-4-7-21;1-2/h2-4,6-7,10-13,15,18,22,28H,5,8-9,14,16-17,27H2,1H3;1-2H3. The molecule has 0 bridgehead atoms. The van der Waals surface area contributed by atoms with Gasteiger partial charge in [0.25, 0.3) is 0 Å². The summed E-state index contributed by atoms with van der Waals surface area (Å²) in [6, 6.07) is 17.4. The van der Waals surface area contributed by atoms with Gasteiger partial charge in [-0.3, -0.25) is 4.90 Å². The van der Waals surface area contributed by atoms with E-state index in [-0.39, 0.29) is 6.04 Å². The molecule has 3 N–H and O–H groups in total. The van der Waals surface area contributed by atoms with Crippen LogP contribution in [0.15, 0.2) is 67.3 Å². The number of hydrogen-bond donors (Lipinski definition) is 2. The Labute approximate surface area is 212 Å². The first kappa shape index (κ1) is 25.1. The first-order valence-corrected chi connectivity index (χ1v) is 13.3. The number of aryl methyl sites for hydroxylation is 1. The van der Waals surface area contributed by atoms with Crippen molar-refractivity contribution >= 4 is 17.0 Å². The maximum atomic E-state index is 6.22. The molecule has 4 aromatic rings. The number of anilines is 1. The fourth-order valence-electron chi connectivity index (χ4n) is 4.38. The number of piperidine rings is 1. The summed E-state index contributed by atoms with van der Waals surface area (Å²) < 4.78 is 2.09. The molecule has 3 heterocycles. The molecule has 1 aliphatic heterocycles. The summed E-state index contributed by atoms with van der Waals surface area (Å²) in [7, 11) is 0. The smallest absolute Gasteiger partial charge is 0.112 e. The monoisotopic (exact) mass is 488 g/mol. The second kappa shape index (κ2) is 12.1. The van der Waals surface area contributed by atoms with E-state index in [2.05, 4.69) is 73.4 Å². The van der Waals surface area contributed by atoms with E-state index in [0.29, 0.717) is 6.54 Å². The van der Waals surface area contributed by atoms with Crippen molar-refractivity contribution in [1.82, 2.24) is 19.4 Å². The minimum Gasteiger partial charge on any atom is -0.378 e. The molecule has 184 valence electrons. The number of benzene rings is 2. The molecule has 0 radical (unpaired) electrons. The lowest BCUT2D eigenvalue weighted by Crippen LogP contribution is -2.42. The van der Waals surface area contributed by atoms with Gasteiger partial charge in [-0.2, -0.15) is 0 Å². The first-order chi connectivity index (χ1) is 17.1. The van der Waals surface area contributed by atoms with Crippen LogP contribution in [0.25, 0.3) is 16.1 Å². The number of nitrogens with two attached hydrogens (primary N) is 1. The van der Waals surface area contributed by atoms with Gasteiger partial charge in [-0.25, -0.2) is 9.97 Å². The highest BCUT2D eigenvalue weighted by Crippen LogP contribution is 2.27. The molecular formula is C28H36N6S. The van der Waals surface area contributed by atoms with Crippen LogP contribution in [0.1, 0.15) is 43.0 Å². The molecule has 1 unspecified atom stereocenters. The average Bonchev–Trinajstić information content (AvgIpc) is 3.54. The van der Waals surface area contributed by atoms with Crippen LogP contribution in [-0.4, -0.2) is 38.6 Å². The summed E-state index contributed by atoms with van der Waals surface area (Å²) in [5.74, 6) is 0. The molecular weight excluding hydrogens is 452 g/mol. The Kier molecular flexibility index (Phi) is 8.69. The van der Waals surface area contributed by atoms with E-state index in [4.69, 9.17) is 5.73 Å². The molecule has 1 fully saturated rings. The lowest BCUT2D eigenvalue weighted by molar-refractivity contribution is 0.201. The van der Waals surface area contributed by atoms with Gasteiger partial charge in [0.2, 0.25) is 0 Å². The number of hydrogen-bond acceptors (Lipinski definition) is 6. The summed E-state index contributed by atoms with van der Waals surface area (Å²) in [4.78, 5) is 12.7. The number of rotatable bonds is 7. The van der Waals surface area contributed by atoms with Crippen molar-refractivity contribution in [2.75, 3.05) is 18.4 Å². The van der Waals surface area contributed by atoms with Gasteiger partial charge < -0.3 is 15.6 Å². The van der Waals surface area contributed by atoms with Crippen molar-refractivity contribution in [2.24, 2.45) is 5.73 Å². The topological polar surface area (TPSA) is 72.0 Å². The van der Waals surface area contributed by atoms with Crippen LogP contribution in [0.4, 0.5) is 5.69 Å². The first-order valence-electron chi connectivity index (χ1n) is 12.5. The van der Waals surface area contributed by atoms with Gasteiger partial charge in [0, 0.05) is 42.9 Å². The van der Waals surface area contributed by atoms with Crippen LogP contribution in [0.5, 0.6) is 0 Å². The molecule has 7 heteroatoms. The quantitative estimate of drug-likeness (QED) is 0.341. The lowest BCUT2D eigenvalue weighted by Gasteiger charge is -2.30. The van der Waals surface area contributed by atoms with Crippen LogP contribution in [0.2, 0.25) is 0 Å². The molecule has 2 aromatic heterocycles. The van der Waals surface area contributed by atoms with E-state index in [1.54, 1.807) is 11.3 Å². The van der Waals surface area contributed by atoms with Crippen LogP contribution in [0, 0.1) is 6.92 Å². The van der Waals surface area contributed by atoms with Crippen LogP contribution in [-0.2, 0) is 13.1 Å². The highest BCUT2D eigenvalue weighted by molar-refractivity contribution is 7.15. The highest BCUT2D eigenvalue weighted by atomic mass is 32.1. The molecule has 5 rings (SSSR count). The molecule has 0 saturated carbocycles. The molecule has 6 nitrogen and oxygen atoms in total. The predicted octanol–water partition coefficient (Wildman–Crippen LogP) is 5.87. The summed E-state index contributed by atoms with van der Waals surface area (Å²) in [5, 5.41) is 4.67. The second-order valence-electron chi connectivity index (χ2n) is 8.79. The Morgan fingerprint density at radius 1 is 1.11 bits per heavy atom. The van der Waals surface area contributed by atoms with Gasteiger partial charge in [-0.05, 0) is 55.6 Å². The van der Waals surface area contributed by atoms with Gasteiger partial charge in [-0.1, -0.05) is 44.2 Å². The van der Waals surface area contributed by atoms with Gasteiger partial charge in [0.15, 0.2) is 0 Å². The van der Waals surface area contributed by atoms with E-state index in [1.807, 2.05) is 39.4 Å². The third-order valence-corrected chi connectivity index (χ3v) is 7.04. The molecule has 0 spiro atoms. The van der Waals surface area contributed by atoms with Crippen LogP contribution < -0.4 is 11.1 Å². The maximum Gasteiger partial charge on any atom is 0.112 e. The van der Waals surface area contributed by atoms with E-state index in [9.17, 15) is 0 Å². The van der Waals surface area contributed by atoms with Gasteiger partial charge >= 0.3 is 0 Å². The van der Waals surface area contributed by atoms with Crippen molar-refractivity contribution < 1.29 is 0 Å². The van der Waals surface area contributed by atoms with Crippen molar-refractivity contribution in [3.63, 3.8) is 0 Å². The average molecular weight is 489 g/mol. The molecule has 2 aromatic carbocycles. The molecule has 1 atom stereocenters. The van der Waals surface area contributed by atoms with E-state index >= 15 is 0 Å². The molecule has 1 aliphatic rings. The number of nitrogens with one attached hydrogen (secondary N) is 1. The summed E-state index contributed by atoms with van der Waals surface area (Å²) in [6.45, 7) is 9.67. The normalized spacial score (nSPS) is 15.9. The largest absolute Gasteiger partial charge is 0.378 e. The zero-order chi connectivity index (χ0) is 24.6. The Bertz CT molecular complexity index is 1200. The fourth-order valence-corrected chi connectivity index (χ4v) is 5.24. The van der Waals surface area contributed by atoms with Gasteiger partial charge in [-0.15, -0.1) is 11.3 Å². The number of imidazole rings is 1. The summed E-state index contributed by atoms with van der Waals surface area (Å²) in [5.41, 5.74) is 11.9. The zero-order valence-electron chi connectivity index (χ0n) is 20.9. The Balaban J connectivity index is 0.00000141. The maximum absolute atomic E-state index is 6.22. The Morgan fingerprint density at radius 2 is 1.94 bits per heavy atom. The van der Waals surface area contributed by atoms with Crippen molar-refractivity contribution in [2.45, 2.75) is 52.7 Å². The fraction of sp³-hybridized carbons (Fsp3) is 0.357. The number of likely N-dealkylation sites (tertiary alicyclic amines) is 1. The minimum atomic E-state index is 0.277. The number of nitrogens with zero attached hydrogens (tertiary/aromatic N) is 4. The lowest BCUT2D eigenvalue weighted by atomic mass is 10.1. The van der Waals surface area contributed by atoms with Gasteiger partial charge in [0.1, 0.15) is 5.01 Å². The molecule has 0 aliphatic carbocycles. The Hall–Kier alpha value is -3.00. The summed E-state index contributed by atoms with van der Waals surface area (Å²) in [6.07, 6.45) is 8.19. The molecule has 35 heavy (non-hydrogen) atoms. The molecule has 1 saturated heterocycles. The third kappa shape index (κ3) is 6.78. The summed E-state index contributed by atoms with van der Waals surface area (Å²) >= 11 is 1.73. The number of aromatic nitrogens is 3. The number of thiazole rings is 1. The highest BCUT2D eigenvalue weighted by Gasteiger charge is 2.17. The van der Waals surface area contributed by atoms with Crippen LogP contribution in [0.3, 0.4) is 0 Å². The zero-order valence-corrected chi connectivity index (χ0v) is 21.8. The Morgan fingerprint density at radius 3 is 2.69 bits per heavy atom. The SMILES string of the molecule is CC.Cc1cn(-c2cc(CN3CCCC(N)C3)cc(NCc3ncc(-c4ccccc4)s3)c2)cn1. The van der Waals surface area contributed by atoms with E-state index in [0.717, 1.165) is 48.1 Å².